The molecule has 0 nitrogen and oxygen atoms in total. The van der Waals surface area contributed by atoms with Gasteiger partial charge in [-0.05, 0) is 35.6 Å². The van der Waals surface area contributed by atoms with E-state index in [-0.39, 0.29) is 10.6 Å². The summed E-state index contributed by atoms with van der Waals surface area (Å²) in [6.45, 7) is 0. The summed E-state index contributed by atoms with van der Waals surface area (Å²) in [7, 11) is 0. The second-order valence-electron chi connectivity index (χ2n) is 3.31. The fourth-order valence-electron chi connectivity index (χ4n) is 1.42. The van der Waals surface area contributed by atoms with Crippen molar-refractivity contribution in [3.63, 3.8) is 0 Å². The van der Waals surface area contributed by atoms with Crippen LogP contribution in [0, 0.1) is 5.82 Å². The summed E-state index contributed by atoms with van der Waals surface area (Å²) >= 11 is 5.31. The van der Waals surface area contributed by atoms with Gasteiger partial charge >= 0.3 is 0 Å². The highest BCUT2D eigenvalue weighted by Crippen LogP contribution is 2.28. The maximum atomic E-state index is 13.0. The molecule has 0 N–H and O–H groups in total. The third kappa shape index (κ3) is 2.89. The average Bonchev–Trinajstić information content (AvgIpc) is 2.70. The standard InChI is InChI=1S/C12H10BrFS/c13-12(8-11-5-2-6-15-11)9-3-1-4-10(14)7-9/h1-7,12H,8H2. The maximum absolute atomic E-state index is 13.0. The van der Waals surface area contributed by atoms with Crippen LogP contribution in [0.2, 0.25) is 0 Å². The first kappa shape index (κ1) is 10.8. The first-order valence-electron chi connectivity index (χ1n) is 4.67. The van der Waals surface area contributed by atoms with Crippen LogP contribution in [0.25, 0.3) is 0 Å². The SMILES string of the molecule is Fc1cccc(C(Br)Cc2cccs2)c1. The zero-order valence-corrected chi connectivity index (χ0v) is 10.4. The summed E-state index contributed by atoms with van der Waals surface area (Å²) in [5.74, 6) is -0.178. The van der Waals surface area contributed by atoms with Gasteiger partial charge in [0, 0.05) is 9.70 Å². The Bertz CT molecular complexity index is 425. The minimum absolute atomic E-state index is 0.178. The molecule has 0 radical (unpaired) electrons. The predicted molar refractivity (Wildman–Crippen MR) is 66.1 cm³/mol. The topological polar surface area (TPSA) is 0 Å². The molecule has 0 fully saturated rings. The van der Waals surface area contributed by atoms with Gasteiger partial charge in [0.15, 0.2) is 0 Å². The van der Waals surface area contributed by atoms with Gasteiger partial charge < -0.3 is 0 Å². The number of benzene rings is 1. The Hall–Kier alpha value is -0.670. The van der Waals surface area contributed by atoms with Crippen molar-refractivity contribution in [2.75, 3.05) is 0 Å². The molecule has 1 unspecified atom stereocenters. The Morgan fingerprint density at radius 1 is 1.27 bits per heavy atom. The van der Waals surface area contributed by atoms with Gasteiger partial charge in [-0.2, -0.15) is 0 Å². The molecular formula is C12H10BrFS. The molecule has 0 bridgehead atoms. The van der Waals surface area contributed by atoms with Gasteiger partial charge in [-0.15, -0.1) is 11.3 Å². The van der Waals surface area contributed by atoms with Gasteiger partial charge in [-0.3, -0.25) is 0 Å². The summed E-state index contributed by atoms with van der Waals surface area (Å²) in [4.78, 5) is 1.49. The number of halogens is 2. The molecule has 0 saturated carbocycles. The van der Waals surface area contributed by atoms with Crippen molar-refractivity contribution < 1.29 is 4.39 Å². The van der Waals surface area contributed by atoms with Crippen molar-refractivity contribution in [2.45, 2.75) is 11.2 Å². The normalized spacial score (nSPS) is 12.7. The maximum Gasteiger partial charge on any atom is 0.123 e. The Kier molecular flexibility index (Phi) is 3.54. The van der Waals surface area contributed by atoms with E-state index in [0.29, 0.717) is 0 Å². The van der Waals surface area contributed by atoms with E-state index >= 15 is 0 Å². The monoisotopic (exact) mass is 284 g/mol. The zero-order valence-electron chi connectivity index (χ0n) is 7.99. The third-order valence-electron chi connectivity index (χ3n) is 2.17. The Morgan fingerprint density at radius 2 is 2.13 bits per heavy atom. The summed E-state index contributed by atoms with van der Waals surface area (Å²) in [6, 6.07) is 10.9. The number of hydrogen-bond acceptors (Lipinski definition) is 1. The largest absolute Gasteiger partial charge is 0.207 e. The summed E-state index contributed by atoms with van der Waals surface area (Å²) < 4.78 is 13.0. The fraction of sp³-hybridized carbons (Fsp3) is 0.167. The highest BCUT2D eigenvalue weighted by Gasteiger charge is 2.09. The van der Waals surface area contributed by atoms with Crippen molar-refractivity contribution in [1.82, 2.24) is 0 Å². The molecule has 2 rings (SSSR count). The van der Waals surface area contributed by atoms with Crippen molar-refractivity contribution in [3.8, 4) is 0 Å². The predicted octanol–water partition coefficient (Wildman–Crippen LogP) is 4.57. The molecular weight excluding hydrogens is 275 g/mol. The molecule has 0 aliphatic carbocycles. The molecule has 0 saturated heterocycles. The van der Waals surface area contributed by atoms with Crippen molar-refractivity contribution >= 4 is 27.3 Å². The quantitative estimate of drug-likeness (QED) is 0.725. The average molecular weight is 285 g/mol. The van der Waals surface area contributed by atoms with Crippen molar-refractivity contribution in [1.29, 1.82) is 0 Å². The Morgan fingerprint density at radius 3 is 2.80 bits per heavy atom. The van der Waals surface area contributed by atoms with E-state index in [2.05, 4.69) is 27.4 Å². The lowest BCUT2D eigenvalue weighted by Crippen LogP contribution is -1.93. The van der Waals surface area contributed by atoms with Gasteiger partial charge in [0.2, 0.25) is 0 Å². The van der Waals surface area contributed by atoms with Gasteiger partial charge in [0.25, 0.3) is 0 Å². The highest BCUT2D eigenvalue weighted by atomic mass is 79.9. The van der Waals surface area contributed by atoms with Gasteiger partial charge in [-0.25, -0.2) is 4.39 Å². The van der Waals surface area contributed by atoms with Crippen LogP contribution in [0.3, 0.4) is 0 Å². The van der Waals surface area contributed by atoms with Crippen molar-refractivity contribution in [3.05, 3.63) is 58.0 Å². The molecule has 3 heteroatoms. The minimum Gasteiger partial charge on any atom is -0.207 e. The van der Waals surface area contributed by atoms with E-state index in [4.69, 9.17) is 0 Å². The molecule has 2 aromatic rings. The van der Waals surface area contributed by atoms with Gasteiger partial charge in [0.05, 0.1) is 0 Å². The second-order valence-corrected chi connectivity index (χ2v) is 5.44. The van der Waals surface area contributed by atoms with E-state index in [1.54, 1.807) is 23.5 Å². The van der Waals surface area contributed by atoms with Crippen LogP contribution in [0.4, 0.5) is 4.39 Å². The van der Waals surface area contributed by atoms with E-state index in [1.165, 1.54) is 10.9 Å². The molecule has 0 aliphatic rings. The van der Waals surface area contributed by atoms with Gasteiger partial charge in [0.1, 0.15) is 5.82 Å². The molecule has 15 heavy (non-hydrogen) atoms. The number of thiophene rings is 1. The highest BCUT2D eigenvalue weighted by molar-refractivity contribution is 9.09. The minimum atomic E-state index is -0.178. The lowest BCUT2D eigenvalue weighted by molar-refractivity contribution is 0.625. The second kappa shape index (κ2) is 4.90. The molecule has 0 aliphatic heterocycles. The smallest absolute Gasteiger partial charge is 0.123 e. The Balaban J connectivity index is 2.11. The van der Waals surface area contributed by atoms with E-state index < -0.39 is 0 Å². The van der Waals surface area contributed by atoms with Crippen LogP contribution in [0.1, 0.15) is 15.3 Å². The van der Waals surface area contributed by atoms with E-state index in [0.717, 1.165) is 12.0 Å². The molecule has 78 valence electrons. The first-order chi connectivity index (χ1) is 7.25. The van der Waals surface area contributed by atoms with Crippen LogP contribution in [-0.2, 0) is 6.42 Å². The van der Waals surface area contributed by atoms with Crippen molar-refractivity contribution in [2.24, 2.45) is 0 Å². The van der Waals surface area contributed by atoms with Crippen LogP contribution in [0.15, 0.2) is 41.8 Å². The van der Waals surface area contributed by atoms with Crippen LogP contribution >= 0.6 is 27.3 Å². The first-order valence-corrected chi connectivity index (χ1v) is 6.47. The third-order valence-corrected chi connectivity index (χ3v) is 3.92. The van der Waals surface area contributed by atoms with E-state index in [9.17, 15) is 4.39 Å². The van der Waals surface area contributed by atoms with Crippen LogP contribution in [-0.4, -0.2) is 0 Å². The van der Waals surface area contributed by atoms with Crippen LogP contribution in [0.5, 0.6) is 0 Å². The molecule has 1 aromatic heterocycles. The molecule has 0 amide bonds. The summed E-state index contributed by atoms with van der Waals surface area (Å²) in [5, 5.41) is 2.06. The number of alkyl halides is 1. The Labute approximate surface area is 101 Å². The van der Waals surface area contributed by atoms with E-state index in [1.807, 2.05) is 12.1 Å². The molecule has 1 atom stereocenters. The summed E-state index contributed by atoms with van der Waals surface area (Å²) in [6.07, 6.45) is 0.904. The lowest BCUT2D eigenvalue weighted by atomic mass is 10.1. The molecule has 1 heterocycles. The lowest BCUT2D eigenvalue weighted by Gasteiger charge is -2.08. The number of rotatable bonds is 3. The number of hydrogen-bond donors (Lipinski definition) is 0. The van der Waals surface area contributed by atoms with Gasteiger partial charge in [-0.1, -0.05) is 34.1 Å². The molecule has 0 spiro atoms. The fourth-order valence-corrected chi connectivity index (χ4v) is 3.02. The van der Waals surface area contributed by atoms with Crippen LogP contribution < -0.4 is 0 Å². The molecule has 1 aromatic carbocycles. The summed E-state index contributed by atoms with van der Waals surface area (Å²) in [5.41, 5.74) is 0.989. The zero-order chi connectivity index (χ0) is 10.7.